The SMILES string of the molecule is CC(=O)c1cc(C(=O)N2CCCCC[C@H]2C[C@H](O)c2ccccc2)n(C)c1. The van der Waals surface area contributed by atoms with Gasteiger partial charge in [-0.15, -0.1) is 0 Å². The first-order valence-corrected chi connectivity index (χ1v) is 9.68. The average Bonchev–Trinajstić information content (AvgIpc) is 2.91. The van der Waals surface area contributed by atoms with Crippen LogP contribution in [0, 0.1) is 0 Å². The van der Waals surface area contributed by atoms with E-state index in [9.17, 15) is 14.7 Å². The van der Waals surface area contributed by atoms with Gasteiger partial charge in [-0.25, -0.2) is 0 Å². The number of carbonyl (C=O) groups excluding carboxylic acids is 2. The van der Waals surface area contributed by atoms with Crippen LogP contribution in [0.15, 0.2) is 42.6 Å². The molecule has 1 saturated heterocycles. The molecule has 5 heteroatoms. The van der Waals surface area contributed by atoms with Crippen molar-refractivity contribution in [2.24, 2.45) is 7.05 Å². The number of likely N-dealkylation sites (tertiary alicyclic amines) is 1. The summed E-state index contributed by atoms with van der Waals surface area (Å²) in [5.74, 6) is -0.103. The summed E-state index contributed by atoms with van der Waals surface area (Å²) < 4.78 is 1.73. The zero-order chi connectivity index (χ0) is 19.4. The number of amides is 1. The third-order valence-electron chi connectivity index (χ3n) is 5.45. The first-order valence-electron chi connectivity index (χ1n) is 9.68. The van der Waals surface area contributed by atoms with Crippen molar-refractivity contribution in [3.8, 4) is 0 Å². The van der Waals surface area contributed by atoms with Crippen molar-refractivity contribution < 1.29 is 14.7 Å². The number of Topliss-reactive ketones (excluding diaryl/α,β-unsaturated/α-hetero) is 1. The van der Waals surface area contributed by atoms with E-state index in [0.29, 0.717) is 24.2 Å². The normalized spacial score (nSPS) is 18.8. The molecule has 144 valence electrons. The van der Waals surface area contributed by atoms with E-state index in [0.717, 1.165) is 31.2 Å². The van der Waals surface area contributed by atoms with Crippen molar-refractivity contribution in [3.63, 3.8) is 0 Å². The van der Waals surface area contributed by atoms with Gasteiger partial charge in [0.25, 0.3) is 5.91 Å². The standard InChI is InChI=1S/C22H28N2O3/c1-16(25)18-13-20(23(2)15-18)22(27)24-12-8-4-7-11-19(24)14-21(26)17-9-5-3-6-10-17/h3,5-6,9-10,13,15,19,21,26H,4,7-8,11-12,14H2,1-2H3/t19-,21-/m0/s1. The van der Waals surface area contributed by atoms with E-state index >= 15 is 0 Å². The van der Waals surface area contributed by atoms with Crippen LogP contribution in [0.1, 0.15) is 71.5 Å². The Bertz CT molecular complexity index is 797. The number of aliphatic hydroxyl groups excluding tert-OH is 1. The van der Waals surface area contributed by atoms with Crippen molar-refractivity contribution in [2.45, 2.75) is 51.2 Å². The number of hydrogen-bond acceptors (Lipinski definition) is 3. The van der Waals surface area contributed by atoms with E-state index in [1.807, 2.05) is 35.2 Å². The monoisotopic (exact) mass is 368 g/mol. The second-order valence-electron chi connectivity index (χ2n) is 7.44. The molecule has 1 aromatic heterocycles. The molecule has 0 unspecified atom stereocenters. The summed E-state index contributed by atoms with van der Waals surface area (Å²) >= 11 is 0. The number of benzene rings is 1. The van der Waals surface area contributed by atoms with Gasteiger partial charge in [0.1, 0.15) is 5.69 Å². The number of aliphatic hydroxyl groups is 1. The number of carbonyl (C=O) groups is 2. The van der Waals surface area contributed by atoms with Gasteiger partial charge in [0, 0.05) is 31.4 Å². The Morgan fingerprint density at radius 2 is 1.93 bits per heavy atom. The lowest BCUT2D eigenvalue weighted by Gasteiger charge is -2.32. The van der Waals surface area contributed by atoms with Gasteiger partial charge in [0.05, 0.1) is 6.10 Å². The van der Waals surface area contributed by atoms with E-state index in [2.05, 4.69) is 0 Å². The van der Waals surface area contributed by atoms with Gasteiger partial charge >= 0.3 is 0 Å². The van der Waals surface area contributed by atoms with Crippen LogP contribution in [-0.4, -0.2) is 38.9 Å². The number of hydrogen-bond donors (Lipinski definition) is 1. The lowest BCUT2D eigenvalue weighted by atomic mass is 9.98. The third kappa shape index (κ3) is 4.48. The second-order valence-corrected chi connectivity index (χ2v) is 7.44. The Kier molecular flexibility index (Phi) is 6.11. The second kappa shape index (κ2) is 8.53. The zero-order valence-corrected chi connectivity index (χ0v) is 16.1. The number of aromatic nitrogens is 1. The molecule has 0 saturated carbocycles. The fraction of sp³-hybridized carbons (Fsp3) is 0.455. The predicted octanol–water partition coefficient (Wildman–Crippen LogP) is 3.74. The quantitative estimate of drug-likeness (QED) is 0.818. The van der Waals surface area contributed by atoms with Crippen molar-refractivity contribution in [1.82, 2.24) is 9.47 Å². The minimum Gasteiger partial charge on any atom is -0.388 e. The van der Waals surface area contributed by atoms with Gasteiger partial charge < -0.3 is 14.6 Å². The fourth-order valence-electron chi connectivity index (χ4n) is 3.88. The van der Waals surface area contributed by atoms with Crippen molar-refractivity contribution in [1.29, 1.82) is 0 Å². The van der Waals surface area contributed by atoms with Crippen LogP contribution < -0.4 is 0 Å². The lowest BCUT2D eigenvalue weighted by Crippen LogP contribution is -2.41. The maximum Gasteiger partial charge on any atom is 0.270 e. The molecular weight excluding hydrogens is 340 g/mol. The van der Waals surface area contributed by atoms with E-state index < -0.39 is 6.10 Å². The molecule has 1 aliphatic heterocycles. The molecule has 1 aliphatic rings. The number of ketones is 1. The Balaban J connectivity index is 1.82. The van der Waals surface area contributed by atoms with Crippen LogP contribution in [0.25, 0.3) is 0 Å². The molecule has 1 fully saturated rings. The smallest absolute Gasteiger partial charge is 0.270 e. The molecule has 0 spiro atoms. The van der Waals surface area contributed by atoms with Crippen LogP contribution in [0.2, 0.25) is 0 Å². The Morgan fingerprint density at radius 3 is 2.59 bits per heavy atom. The Labute approximate surface area is 160 Å². The van der Waals surface area contributed by atoms with Gasteiger partial charge in [-0.1, -0.05) is 43.2 Å². The van der Waals surface area contributed by atoms with E-state index in [1.54, 1.807) is 23.9 Å². The molecule has 3 rings (SSSR count). The Morgan fingerprint density at radius 1 is 1.19 bits per heavy atom. The summed E-state index contributed by atoms with van der Waals surface area (Å²) in [6.45, 7) is 2.19. The third-order valence-corrected chi connectivity index (χ3v) is 5.45. The maximum atomic E-state index is 13.2. The molecule has 27 heavy (non-hydrogen) atoms. The maximum absolute atomic E-state index is 13.2. The Hall–Kier alpha value is -2.40. The van der Waals surface area contributed by atoms with E-state index in [1.165, 1.54) is 6.92 Å². The summed E-state index contributed by atoms with van der Waals surface area (Å²) in [4.78, 5) is 26.8. The first-order chi connectivity index (χ1) is 13.0. The van der Waals surface area contributed by atoms with Gasteiger partial charge in [0.15, 0.2) is 5.78 Å². The minimum atomic E-state index is -0.592. The van der Waals surface area contributed by atoms with Crippen LogP contribution in [-0.2, 0) is 7.05 Å². The highest BCUT2D eigenvalue weighted by atomic mass is 16.3. The molecular formula is C22H28N2O3. The molecule has 5 nitrogen and oxygen atoms in total. The zero-order valence-electron chi connectivity index (χ0n) is 16.1. The number of aryl methyl sites for hydroxylation is 1. The molecule has 1 N–H and O–H groups in total. The van der Waals surface area contributed by atoms with Gasteiger partial charge in [0.2, 0.25) is 0 Å². The van der Waals surface area contributed by atoms with Crippen molar-refractivity contribution in [3.05, 3.63) is 59.4 Å². The molecule has 1 aromatic carbocycles. The molecule has 1 amide bonds. The molecule has 2 atom stereocenters. The molecule has 2 heterocycles. The minimum absolute atomic E-state index is 0.00844. The first kappa shape index (κ1) is 19.4. The molecule has 2 aromatic rings. The highest BCUT2D eigenvalue weighted by molar-refractivity contribution is 5.99. The summed E-state index contributed by atoms with van der Waals surface area (Å²) in [6, 6.07) is 11.3. The summed E-state index contributed by atoms with van der Waals surface area (Å²) in [5, 5.41) is 10.7. The highest BCUT2D eigenvalue weighted by Gasteiger charge is 2.30. The van der Waals surface area contributed by atoms with Crippen LogP contribution in [0.3, 0.4) is 0 Å². The molecule has 0 bridgehead atoms. The fourth-order valence-corrected chi connectivity index (χ4v) is 3.88. The predicted molar refractivity (Wildman–Crippen MR) is 105 cm³/mol. The molecule has 0 radical (unpaired) electrons. The average molecular weight is 368 g/mol. The summed E-state index contributed by atoms with van der Waals surface area (Å²) in [6.07, 6.45) is 5.65. The highest BCUT2D eigenvalue weighted by Crippen LogP contribution is 2.28. The van der Waals surface area contributed by atoms with Crippen molar-refractivity contribution in [2.75, 3.05) is 6.54 Å². The van der Waals surface area contributed by atoms with Crippen molar-refractivity contribution >= 4 is 11.7 Å². The largest absolute Gasteiger partial charge is 0.388 e. The molecule has 0 aliphatic carbocycles. The van der Waals surface area contributed by atoms with E-state index in [4.69, 9.17) is 0 Å². The number of rotatable bonds is 5. The van der Waals surface area contributed by atoms with Gasteiger partial charge in [-0.3, -0.25) is 9.59 Å². The topological polar surface area (TPSA) is 62.5 Å². The summed E-state index contributed by atoms with van der Waals surface area (Å²) in [5.41, 5.74) is 1.96. The summed E-state index contributed by atoms with van der Waals surface area (Å²) in [7, 11) is 1.80. The van der Waals surface area contributed by atoms with E-state index in [-0.39, 0.29) is 17.7 Å². The lowest BCUT2D eigenvalue weighted by molar-refractivity contribution is 0.0579. The number of nitrogens with zero attached hydrogens (tertiary/aromatic N) is 2. The van der Waals surface area contributed by atoms with Gasteiger partial charge in [-0.05, 0) is 37.8 Å². The van der Waals surface area contributed by atoms with Crippen LogP contribution in [0.4, 0.5) is 0 Å². The van der Waals surface area contributed by atoms with Crippen LogP contribution >= 0.6 is 0 Å². The van der Waals surface area contributed by atoms with Crippen LogP contribution in [0.5, 0.6) is 0 Å². The van der Waals surface area contributed by atoms with Gasteiger partial charge in [-0.2, -0.15) is 0 Å².